The van der Waals surface area contributed by atoms with Crippen molar-refractivity contribution in [3.63, 3.8) is 0 Å². The van der Waals surface area contributed by atoms with Crippen LogP contribution in [-0.4, -0.2) is 27.9 Å². The fourth-order valence-corrected chi connectivity index (χ4v) is 11.5. The van der Waals surface area contributed by atoms with E-state index < -0.39 is 0 Å². The van der Waals surface area contributed by atoms with Gasteiger partial charge in [0.05, 0.1) is 12.1 Å². The lowest BCUT2D eigenvalue weighted by Crippen LogP contribution is -2.41. The SMILES string of the molecule is C1=CCC(C2=CC3C(CC2)C2=C(C=CC(C4=CC5=C(CC4)N(C4=CCC(C6=CCCC=C6)CC4)C4CCC=CC54)C2)N3C2C=CC=CC2)C=C1. The quantitative estimate of drug-likeness (QED) is 0.271. The molecule has 0 saturated carbocycles. The molecule has 0 N–H and O–H groups in total. The summed E-state index contributed by atoms with van der Waals surface area (Å²) in [7, 11) is 0. The summed E-state index contributed by atoms with van der Waals surface area (Å²) in [5.41, 5.74) is 13.2. The van der Waals surface area contributed by atoms with E-state index >= 15 is 0 Å². The Morgan fingerprint density at radius 1 is 0.660 bits per heavy atom. The highest BCUT2D eigenvalue weighted by molar-refractivity contribution is 5.49. The molecule has 2 nitrogen and oxygen atoms in total. The van der Waals surface area contributed by atoms with Crippen molar-refractivity contribution in [2.75, 3.05) is 0 Å². The number of nitrogens with zero attached hydrogens (tertiary/aromatic N) is 2. The Kier molecular flexibility index (Phi) is 8.11. The molecule has 0 saturated heterocycles. The second-order valence-electron chi connectivity index (χ2n) is 16.6. The third-order valence-corrected chi connectivity index (χ3v) is 14.0. The van der Waals surface area contributed by atoms with E-state index in [0.29, 0.717) is 47.7 Å². The Bertz CT molecular complexity index is 1820. The van der Waals surface area contributed by atoms with Crippen LogP contribution in [0.15, 0.2) is 154 Å². The predicted octanol–water partition coefficient (Wildman–Crippen LogP) is 11.4. The van der Waals surface area contributed by atoms with Crippen LogP contribution < -0.4 is 0 Å². The van der Waals surface area contributed by atoms with E-state index in [-0.39, 0.29) is 0 Å². The zero-order valence-electron chi connectivity index (χ0n) is 29.8. The van der Waals surface area contributed by atoms with Crippen LogP contribution in [0.2, 0.25) is 0 Å². The van der Waals surface area contributed by atoms with Crippen molar-refractivity contribution in [3.05, 3.63) is 154 Å². The molecule has 256 valence electrons. The first kappa shape index (κ1) is 31.0. The van der Waals surface area contributed by atoms with E-state index in [1.807, 2.05) is 0 Å². The maximum Gasteiger partial charge on any atom is 0.0548 e. The van der Waals surface area contributed by atoms with Gasteiger partial charge in [-0.25, -0.2) is 0 Å². The van der Waals surface area contributed by atoms with Crippen molar-refractivity contribution in [2.24, 2.45) is 29.6 Å². The molecule has 0 amide bonds. The minimum Gasteiger partial charge on any atom is -0.358 e. The number of hydrogen-bond acceptors (Lipinski definition) is 2. The number of rotatable bonds is 5. The summed E-state index contributed by atoms with van der Waals surface area (Å²) in [4.78, 5) is 5.71. The van der Waals surface area contributed by atoms with Gasteiger partial charge in [0.15, 0.2) is 0 Å². The minimum absolute atomic E-state index is 0.458. The average Bonchev–Trinajstić information content (AvgIpc) is 3.70. The van der Waals surface area contributed by atoms with Crippen molar-refractivity contribution in [1.82, 2.24) is 9.80 Å². The zero-order valence-corrected chi connectivity index (χ0v) is 29.8. The molecule has 8 unspecified atom stereocenters. The molecule has 0 bridgehead atoms. The first-order chi connectivity index (χ1) is 24.8. The summed E-state index contributed by atoms with van der Waals surface area (Å²) in [5, 5.41) is 0. The molecule has 8 atom stereocenters. The molecule has 2 heteroatoms. The summed E-state index contributed by atoms with van der Waals surface area (Å²) in [6.45, 7) is 0. The van der Waals surface area contributed by atoms with E-state index in [0.717, 1.165) is 12.8 Å². The van der Waals surface area contributed by atoms with Crippen LogP contribution in [0.25, 0.3) is 0 Å². The third kappa shape index (κ3) is 5.35. The van der Waals surface area contributed by atoms with E-state index in [9.17, 15) is 0 Å². The molecule has 0 aromatic carbocycles. The summed E-state index contributed by atoms with van der Waals surface area (Å²) in [6.07, 6.45) is 61.4. The van der Waals surface area contributed by atoms with Gasteiger partial charge in [0, 0.05) is 46.8 Å². The lowest BCUT2D eigenvalue weighted by Gasteiger charge is -2.39. The van der Waals surface area contributed by atoms with Crippen molar-refractivity contribution in [2.45, 2.75) is 108 Å². The third-order valence-electron chi connectivity index (χ3n) is 14.0. The molecular formula is C48H54N2. The second-order valence-corrected chi connectivity index (χ2v) is 16.6. The van der Waals surface area contributed by atoms with E-state index in [4.69, 9.17) is 0 Å². The maximum atomic E-state index is 2.88. The van der Waals surface area contributed by atoms with Crippen LogP contribution in [0.1, 0.15) is 89.9 Å². The first-order valence-electron chi connectivity index (χ1n) is 20.3. The number of fused-ring (bicyclic) bond motifs is 4. The van der Waals surface area contributed by atoms with Crippen LogP contribution in [0, 0.1) is 29.6 Å². The largest absolute Gasteiger partial charge is 0.358 e. The summed E-state index contributed by atoms with van der Waals surface area (Å²) >= 11 is 0. The Balaban J connectivity index is 0.924. The van der Waals surface area contributed by atoms with Gasteiger partial charge in [-0.15, -0.1) is 0 Å². The molecule has 10 rings (SSSR count). The van der Waals surface area contributed by atoms with Crippen LogP contribution in [-0.2, 0) is 0 Å². The number of allylic oxidation sites excluding steroid dienone is 19. The van der Waals surface area contributed by atoms with Gasteiger partial charge < -0.3 is 9.80 Å². The Morgan fingerprint density at radius 2 is 1.60 bits per heavy atom. The van der Waals surface area contributed by atoms with Crippen molar-refractivity contribution < 1.29 is 0 Å². The monoisotopic (exact) mass is 658 g/mol. The minimum atomic E-state index is 0.458. The van der Waals surface area contributed by atoms with E-state index in [2.05, 4.69) is 119 Å². The van der Waals surface area contributed by atoms with Crippen LogP contribution in [0.4, 0.5) is 0 Å². The highest BCUT2D eigenvalue weighted by Gasteiger charge is 2.46. The Hall–Kier alpha value is -3.78. The summed E-state index contributed by atoms with van der Waals surface area (Å²) in [5.74, 6) is 3.04. The van der Waals surface area contributed by atoms with Gasteiger partial charge in [-0.2, -0.15) is 0 Å². The van der Waals surface area contributed by atoms with Gasteiger partial charge in [-0.05, 0) is 119 Å². The second kappa shape index (κ2) is 13.1. The lowest BCUT2D eigenvalue weighted by atomic mass is 9.73. The fraction of sp³-hybridized carbons (Fsp3) is 0.458. The molecule has 0 aromatic rings. The first-order valence-corrected chi connectivity index (χ1v) is 20.3. The van der Waals surface area contributed by atoms with Gasteiger partial charge in [-0.3, -0.25) is 0 Å². The summed E-state index contributed by atoms with van der Waals surface area (Å²) < 4.78 is 0. The standard InChI is InChI=1S/C48H54N2/c1-4-12-33(13-5-1)35-20-25-40(26-21-35)49-45-19-11-10-18-41(45)43-30-36(23-28-46(43)49)37-24-29-47-44(31-37)42-27-22-38(34-14-6-2-7-15-34)32-48(42)50(47)39-16-8-3-9-17-39/h2-4,6-10,12-14,16,18,24-25,29-30,32,34-35,37,39,41-42,45,48H,1,5,11,15,17,19-23,26-28,31H2. The predicted molar refractivity (Wildman–Crippen MR) is 207 cm³/mol. The highest BCUT2D eigenvalue weighted by atomic mass is 15.2. The highest BCUT2D eigenvalue weighted by Crippen LogP contribution is 2.53. The molecular weight excluding hydrogens is 605 g/mol. The van der Waals surface area contributed by atoms with Gasteiger partial charge in [0.25, 0.3) is 0 Å². The molecule has 8 aliphatic carbocycles. The molecule has 50 heavy (non-hydrogen) atoms. The van der Waals surface area contributed by atoms with Crippen LogP contribution >= 0.6 is 0 Å². The lowest BCUT2D eigenvalue weighted by molar-refractivity contribution is 0.229. The normalized spacial score (nSPS) is 37.0. The smallest absolute Gasteiger partial charge is 0.0548 e. The Morgan fingerprint density at radius 3 is 2.42 bits per heavy atom. The molecule has 0 radical (unpaired) electrons. The number of hydrogen-bond donors (Lipinski definition) is 0. The van der Waals surface area contributed by atoms with Crippen LogP contribution in [0.3, 0.4) is 0 Å². The van der Waals surface area contributed by atoms with E-state index in [1.54, 1.807) is 45.0 Å². The van der Waals surface area contributed by atoms with Gasteiger partial charge in [0.1, 0.15) is 0 Å². The Labute approximate surface area is 300 Å². The molecule has 0 aromatic heterocycles. The molecule has 0 spiro atoms. The van der Waals surface area contributed by atoms with Crippen molar-refractivity contribution in [3.8, 4) is 0 Å². The van der Waals surface area contributed by atoms with Gasteiger partial charge in [-0.1, -0.05) is 114 Å². The fourth-order valence-electron chi connectivity index (χ4n) is 11.5. The van der Waals surface area contributed by atoms with Crippen LogP contribution in [0.5, 0.6) is 0 Å². The van der Waals surface area contributed by atoms with E-state index in [1.165, 1.54) is 77.0 Å². The molecule has 2 heterocycles. The maximum absolute atomic E-state index is 2.88. The van der Waals surface area contributed by atoms with Gasteiger partial charge in [0.2, 0.25) is 0 Å². The summed E-state index contributed by atoms with van der Waals surface area (Å²) in [6, 6.07) is 1.57. The van der Waals surface area contributed by atoms with Crippen molar-refractivity contribution >= 4 is 0 Å². The van der Waals surface area contributed by atoms with Crippen molar-refractivity contribution in [1.29, 1.82) is 0 Å². The molecule has 10 aliphatic rings. The topological polar surface area (TPSA) is 6.48 Å². The molecule has 2 aliphatic heterocycles. The van der Waals surface area contributed by atoms with Gasteiger partial charge >= 0.3 is 0 Å². The molecule has 0 fully saturated rings. The zero-order chi connectivity index (χ0) is 33.0. The average molecular weight is 659 g/mol.